The molecule has 1 aromatic rings. The first-order valence-electron chi connectivity index (χ1n) is 3.75. The average Bonchev–Trinajstić information content (AvgIpc) is 2.05. The normalized spacial score (nSPS) is 9.92. The molecule has 0 aliphatic carbocycles. The van der Waals surface area contributed by atoms with Gasteiger partial charge in [-0.2, -0.15) is 0 Å². The molecule has 3 heteroatoms. The van der Waals surface area contributed by atoms with E-state index in [0.717, 1.165) is 15.6 Å². The molecule has 0 spiro atoms. The van der Waals surface area contributed by atoms with Crippen LogP contribution in [0.1, 0.15) is 12.5 Å². The maximum atomic E-state index is 5.45. The predicted molar refractivity (Wildman–Crippen MR) is 57.9 cm³/mol. The van der Waals surface area contributed by atoms with Gasteiger partial charge in [0, 0.05) is 15.4 Å². The van der Waals surface area contributed by atoms with Crippen LogP contribution in [-0.4, -0.2) is 6.61 Å². The molecule has 0 aromatic heterocycles. The predicted octanol–water partition coefficient (Wildman–Crippen LogP) is 3.74. The Balaban J connectivity index is 3.00. The highest BCUT2D eigenvalue weighted by atomic mass is 79.9. The van der Waals surface area contributed by atoms with Crippen LogP contribution >= 0.6 is 31.9 Å². The van der Waals surface area contributed by atoms with Gasteiger partial charge in [0.05, 0.1) is 6.61 Å². The van der Waals surface area contributed by atoms with Crippen LogP contribution in [0.4, 0.5) is 0 Å². The molecule has 1 nitrogen and oxygen atoms in total. The van der Waals surface area contributed by atoms with E-state index in [1.165, 1.54) is 5.56 Å². The van der Waals surface area contributed by atoms with E-state index >= 15 is 0 Å². The lowest BCUT2D eigenvalue weighted by atomic mass is 10.2. The van der Waals surface area contributed by atoms with Gasteiger partial charge in [-0.1, -0.05) is 37.9 Å². The van der Waals surface area contributed by atoms with Crippen LogP contribution in [0, 0.1) is 0 Å². The van der Waals surface area contributed by atoms with Crippen LogP contribution in [0.2, 0.25) is 0 Å². The molecule has 0 saturated heterocycles. The minimum absolute atomic E-state index is 0.705. The Bertz CT molecular complexity index is 261. The lowest BCUT2D eigenvalue weighted by Crippen LogP contribution is -1.95. The lowest BCUT2D eigenvalue weighted by molar-refractivity contribution is 0.337. The zero-order chi connectivity index (χ0) is 8.97. The molecular weight excluding hydrogens is 284 g/mol. The second-order valence-corrected chi connectivity index (χ2v) is 3.70. The number of ether oxygens (including phenoxy) is 1. The minimum Gasteiger partial charge on any atom is -0.494 e. The smallest absolute Gasteiger partial charge is 0.124 e. The van der Waals surface area contributed by atoms with Crippen molar-refractivity contribution in [3.05, 3.63) is 28.2 Å². The van der Waals surface area contributed by atoms with E-state index in [4.69, 9.17) is 4.74 Å². The maximum absolute atomic E-state index is 5.45. The van der Waals surface area contributed by atoms with E-state index in [0.29, 0.717) is 6.61 Å². The first-order chi connectivity index (χ1) is 5.79. The summed E-state index contributed by atoms with van der Waals surface area (Å²) in [7, 11) is 0. The van der Waals surface area contributed by atoms with Crippen LogP contribution < -0.4 is 4.74 Å². The molecule has 12 heavy (non-hydrogen) atoms. The van der Waals surface area contributed by atoms with Crippen molar-refractivity contribution < 1.29 is 4.74 Å². The highest BCUT2D eigenvalue weighted by Gasteiger charge is 2.04. The zero-order valence-corrected chi connectivity index (χ0v) is 9.98. The van der Waals surface area contributed by atoms with Crippen LogP contribution in [-0.2, 0) is 5.33 Å². The minimum atomic E-state index is 0.705. The zero-order valence-electron chi connectivity index (χ0n) is 6.81. The van der Waals surface area contributed by atoms with Crippen molar-refractivity contribution >= 4 is 31.9 Å². The first-order valence-corrected chi connectivity index (χ1v) is 5.67. The maximum Gasteiger partial charge on any atom is 0.124 e. The summed E-state index contributed by atoms with van der Waals surface area (Å²) in [6.07, 6.45) is 0. The van der Waals surface area contributed by atoms with E-state index in [-0.39, 0.29) is 0 Å². The summed E-state index contributed by atoms with van der Waals surface area (Å²) < 4.78 is 6.54. The number of alkyl halides is 1. The van der Waals surface area contributed by atoms with Crippen molar-refractivity contribution in [1.29, 1.82) is 0 Å². The second kappa shape index (κ2) is 4.87. The summed E-state index contributed by atoms with van der Waals surface area (Å²) in [5.41, 5.74) is 1.17. The van der Waals surface area contributed by atoms with Crippen molar-refractivity contribution in [1.82, 2.24) is 0 Å². The quantitative estimate of drug-likeness (QED) is 0.772. The van der Waals surface area contributed by atoms with Gasteiger partial charge < -0.3 is 4.74 Å². The molecule has 0 amide bonds. The fraction of sp³-hybridized carbons (Fsp3) is 0.333. The highest BCUT2D eigenvalue weighted by Crippen LogP contribution is 2.28. The van der Waals surface area contributed by atoms with Gasteiger partial charge in [-0.05, 0) is 19.1 Å². The largest absolute Gasteiger partial charge is 0.494 e. The molecule has 0 aliphatic rings. The Morgan fingerprint density at radius 3 is 2.75 bits per heavy atom. The molecule has 0 fully saturated rings. The molecule has 0 heterocycles. The number of hydrogen-bond donors (Lipinski definition) is 0. The summed E-state index contributed by atoms with van der Waals surface area (Å²) in [4.78, 5) is 0. The molecule has 0 bridgehead atoms. The van der Waals surface area contributed by atoms with Gasteiger partial charge in [-0.25, -0.2) is 0 Å². The molecule has 0 atom stereocenters. The van der Waals surface area contributed by atoms with Gasteiger partial charge in [0.1, 0.15) is 5.75 Å². The Hall–Kier alpha value is -0.0200. The van der Waals surface area contributed by atoms with Crippen molar-refractivity contribution in [2.24, 2.45) is 0 Å². The summed E-state index contributed by atoms with van der Waals surface area (Å²) in [5.74, 6) is 0.948. The lowest BCUT2D eigenvalue weighted by Gasteiger charge is -2.08. The SMILES string of the molecule is CCOc1cccc(Br)c1CBr. The summed E-state index contributed by atoms with van der Waals surface area (Å²) >= 11 is 6.89. The number of hydrogen-bond acceptors (Lipinski definition) is 1. The molecule has 66 valence electrons. The molecule has 1 aromatic carbocycles. The summed E-state index contributed by atoms with van der Waals surface area (Å²) in [6.45, 7) is 2.69. The van der Waals surface area contributed by atoms with E-state index in [1.54, 1.807) is 0 Å². The van der Waals surface area contributed by atoms with Gasteiger partial charge >= 0.3 is 0 Å². The van der Waals surface area contributed by atoms with Crippen molar-refractivity contribution in [3.63, 3.8) is 0 Å². The van der Waals surface area contributed by atoms with E-state index in [2.05, 4.69) is 31.9 Å². The van der Waals surface area contributed by atoms with Crippen LogP contribution in [0.5, 0.6) is 5.75 Å². The third-order valence-electron chi connectivity index (χ3n) is 1.51. The third-order valence-corrected chi connectivity index (χ3v) is 2.81. The molecule has 0 aliphatic heterocycles. The number of rotatable bonds is 3. The van der Waals surface area contributed by atoms with Crippen molar-refractivity contribution in [3.8, 4) is 5.75 Å². The molecule has 0 radical (unpaired) electrons. The molecule has 0 saturated carbocycles. The second-order valence-electron chi connectivity index (χ2n) is 2.28. The van der Waals surface area contributed by atoms with Crippen molar-refractivity contribution in [2.45, 2.75) is 12.3 Å². The third kappa shape index (κ3) is 2.23. The number of benzene rings is 1. The Labute approximate surface area is 89.4 Å². The van der Waals surface area contributed by atoms with Crippen LogP contribution in [0.15, 0.2) is 22.7 Å². The molecular formula is C9H10Br2O. The Kier molecular flexibility index (Phi) is 4.09. The summed E-state index contributed by atoms with van der Waals surface area (Å²) in [6, 6.07) is 5.96. The van der Waals surface area contributed by atoms with E-state index in [9.17, 15) is 0 Å². The summed E-state index contributed by atoms with van der Waals surface area (Å²) in [5, 5.41) is 0.809. The fourth-order valence-electron chi connectivity index (χ4n) is 0.959. The van der Waals surface area contributed by atoms with E-state index in [1.807, 2.05) is 25.1 Å². The first kappa shape index (κ1) is 10.1. The van der Waals surface area contributed by atoms with Gasteiger partial charge in [0.25, 0.3) is 0 Å². The van der Waals surface area contributed by atoms with Crippen LogP contribution in [0.3, 0.4) is 0 Å². The van der Waals surface area contributed by atoms with E-state index < -0.39 is 0 Å². The molecule has 0 N–H and O–H groups in total. The van der Waals surface area contributed by atoms with Gasteiger partial charge in [0.2, 0.25) is 0 Å². The topological polar surface area (TPSA) is 9.23 Å². The fourth-order valence-corrected chi connectivity index (χ4v) is 2.40. The molecule has 1 rings (SSSR count). The Morgan fingerprint density at radius 1 is 1.42 bits per heavy atom. The van der Waals surface area contributed by atoms with Gasteiger partial charge in [0.15, 0.2) is 0 Å². The van der Waals surface area contributed by atoms with Gasteiger partial charge in [-0.15, -0.1) is 0 Å². The van der Waals surface area contributed by atoms with Crippen LogP contribution in [0.25, 0.3) is 0 Å². The van der Waals surface area contributed by atoms with Crippen molar-refractivity contribution in [2.75, 3.05) is 6.61 Å². The highest BCUT2D eigenvalue weighted by molar-refractivity contribution is 9.10. The Morgan fingerprint density at radius 2 is 2.17 bits per heavy atom. The molecule has 0 unspecified atom stereocenters. The number of halogens is 2. The van der Waals surface area contributed by atoms with Gasteiger partial charge in [-0.3, -0.25) is 0 Å². The monoisotopic (exact) mass is 292 g/mol. The average molecular weight is 294 g/mol. The standard InChI is InChI=1S/C9H10Br2O/c1-2-12-9-5-3-4-8(11)7(9)6-10/h3-5H,2,6H2,1H3.